The summed E-state index contributed by atoms with van der Waals surface area (Å²) in [5, 5.41) is 5.32. The second-order valence-electron chi connectivity index (χ2n) is 6.31. The first-order valence-electron chi connectivity index (χ1n) is 8.39. The lowest BCUT2D eigenvalue weighted by Crippen LogP contribution is -2.16. The predicted octanol–water partition coefficient (Wildman–Crippen LogP) is 4.82. The zero-order chi connectivity index (χ0) is 20.4. The molecule has 0 saturated carbocycles. The Labute approximate surface area is 159 Å². The molecule has 8 heteroatoms. The van der Waals surface area contributed by atoms with Gasteiger partial charge in [0, 0.05) is 11.8 Å². The van der Waals surface area contributed by atoms with Crippen LogP contribution in [-0.4, -0.2) is 15.9 Å². The quantitative estimate of drug-likeness (QED) is 0.631. The third-order valence-corrected chi connectivity index (χ3v) is 4.01. The highest BCUT2D eigenvalue weighted by Crippen LogP contribution is 2.23. The van der Waals surface area contributed by atoms with E-state index < -0.39 is 23.4 Å². The van der Waals surface area contributed by atoms with Gasteiger partial charge in [-0.1, -0.05) is 12.1 Å². The highest BCUT2D eigenvalue weighted by Gasteiger charge is 2.16. The van der Waals surface area contributed by atoms with Crippen molar-refractivity contribution in [1.29, 1.82) is 0 Å². The van der Waals surface area contributed by atoms with Crippen molar-refractivity contribution in [2.75, 3.05) is 10.6 Å². The molecule has 0 atom stereocenters. The maximum absolute atomic E-state index is 13.9. The normalized spacial score (nSPS) is 10.6. The number of carbonyl (C=O) groups is 1. The standard InChI is InChI=1S/C20H17F3N4O/c1-10-4-5-11(2)15(8-10)27-20(28)16-9-17(25-12(3)24-16)26-14-7-6-13(21)18(22)19(14)23/h4-9H,1-3H3,(H,27,28)(H,24,25,26). The van der Waals surface area contributed by atoms with E-state index in [1.54, 1.807) is 6.92 Å². The van der Waals surface area contributed by atoms with Crippen LogP contribution in [0.2, 0.25) is 0 Å². The number of anilines is 3. The Morgan fingerprint density at radius 3 is 2.39 bits per heavy atom. The van der Waals surface area contributed by atoms with Gasteiger partial charge in [-0.25, -0.2) is 23.1 Å². The molecule has 3 aromatic rings. The van der Waals surface area contributed by atoms with E-state index in [2.05, 4.69) is 20.6 Å². The van der Waals surface area contributed by atoms with Crippen LogP contribution in [0.5, 0.6) is 0 Å². The minimum atomic E-state index is -1.59. The Morgan fingerprint density at radius 1 is 0.893 bits per heavy atom. The van der Waals surface area contributed by atoms with Crippen LogP contribution in [0.3, 0.4) is 0 Å². The molecule has 0 aliphatic rings. The number of nitrogens with one attached hydrogen (secondary N) is 2. The van der Waals surface area contributed by atoms with Gasteiger partial charge in [-0.15, -0.1) is 0 Å². The molecule has 28 heavy (non-hydrogen) atoms. The first kappa shape index (κ1) is 19.3. The van der Waals surface area contributed by atoms with Gasteiger partial charge in [-0.05, 0) is 50.1 Å². The van der Waals surface area contributed by atoms with Crippen molar-refractivity contribution < 1.29 is 18.0 Å². The number of aryl methyl sites for hydroxylation is 3. The molecule has 1 amide bonds. The highest BCUT2D eigenvalue weighted by atomic mass is 19.2. The van der Waals surface area contributed by atoms with E-state index >= 15 is 0 Å². The maximum Gasteiger partial charge on any atom is 0.274 e. The van der Waals surface area contributed by atoms with Crippen LogP contribution in [0.1, 0.15) is 27.4 Å². The minimum Gasteiger partial charge on any atom is -0.338 e. The summed E-state index contributed by atoms with van der Waals surface area (Å²) in [6.45, 7) is 5.32. The van der Waals surface area contributed by atoms with Gasteiger partial charge in [0.1, 0.15) is 17.3 Å². The molecule has 0 aliphatic heterocycles. The van der Waals surface area contributed by atoms with Crippen LogP contribution in [-0.2, 0) is 0 Å². The SMILES string of the molecule is Cc1ccc(C)c(NC(=O)c2cc(Nc3ccc(F)c(F)c3F)nc(C)n2)c1. The van der Waals surface area contributed by atoms with Crippen molar-refractivity contribution in [3.05, 3.63) is 76.5 Å². The molecule has 1 heterocycles. The Hall–Kier alpha value is -3.42. The molecule has 144 valence electrons. The lowest BCUT2D eigenvalue weighted by atomic mass is 10.1. The largest absolute Gasteiger partial charge is 0.338 e. The molecule has 0 spiro atoms. The van der Waals surface area contributed by atoms with Crippen LogP contribution in [0.15, 0.2) is 36.4 Å². The lowest BCUT2D eigenvalue weighted by molar-refractivity contribution is 0.102. The zero-order valence-corrected chi connectivity index (χ0v) is 15.4. The van der Waals surface area contributed by atoms with Crippen molar-refractivity contribution in [3.8, 4) is 0 Å². The van der Waals surface area contributed by atoms with E-state index in [0.717, 1.165) is 23.3 Å². The number of rotatable bonds is 4. The van der Waals surface area contributed by atoms with Gasteiger partial charge in [0.2, 0.25) is 0 Å². The van der Waals surface area contributed by atoms with Crippen LogP contribution in [0.25, 0.3) is 0 Å². The molecule has 0 unspecified atom stereocenters. The molecule has 3 rings (SSSR count). The fraction of sp³-hybridized carbons (Fsp3) is 0.150. The second-order valence-corrected chi connectivity index (χ2v) is 6.31. The number of benzene rings is 2. The molecule has 0 fully saturated rings. The van der Waals surface area contributed by atoms with E-state index in [0.29, 0.717) is 5.69 Å². The van der Waals surface area contributed by atoms with E-state index in [1.807, 2.05) is 32.0 Å². The van der Waals surface area contributed by atoms with Crippen LogP contribution in [0, 0.1) is 38.2 Å². The number of hydrogen-bond donors (Lipinski definition) is 2. The summed E-state index contributed by atoms with van der Waals surface area (Å²) < 4.78 is 40.4. The summed E-state index contributed by atoms with van der Waals surface area (Å²) >= 11 is 0. The molecular weight excluding hydrogens is 369 g/mol. The van der Waals surface area contributed by atoms with Crippen molar-refractivity contribution in [1.82, 2.24) is 9.97 Å². The van der Waals surface area contributed by atoms with E-state index in [4.69, 9.17) is 0 Å². The molecular formula is C20H17F3N4O. The van der Waals surface area contributed by atoms with Gasteiger partial charge in [-0.3, -0.25) is 4.79 Å². The van der Waals surface area contributed by atoms with Crippen LogP contribution < -0.4 is 10.6 Å². The summed E-state index contributed by atoms with van der Waals surface area (Å²) in [6.07, 6.45) is 0. The first-order valence-corrected chi connectivity index (χ1v) is 8.39. The molecule has 0 radical (unpaired) electrons. The highest BCUT2D eigenvalue weighted by molar-refractivity contribution is 6.03. The van der Waals surface area contributed by atoms with Gasteiger partial charge in [0.05, 0.1) is 5.69 Å². The van der Waals surface area contributed by atoms with Crippen molar-refractivity contribution >= 4 is 23.1 Å². The smallest absolute Gasteiger partial charge is 0.274 e. The fourth-order valence-corrected chi connectivity index (χ4v) is 2.57. The molecule has 0 bridgehead atoms. The molecule has 0 aliphatic carbocycles. The Bertz CT molecular complexity index is 1070. The Morgan fingerprint density at radius 2 is 1.64 bits per heavy atom. The summed E-state index contributed by atoms with van der Waals surface area (Å²) in [6, 6.07) is 8.78. The number of amides is 1. The van der Waals surface area contributed by atoms with Gasteiger partial charge >= 0.3 is 0 Å². The lowest BCUT2D eigenvalue weighted by Gasteiger charge is -2.11. The van der Waals surface area contributed by atoms with E-state index in [9.17, 15) is 18.0 Å². The van der Waals surface area contributed by atoms with Crippen molar-refractivity contribution in [2.24, 2.45) is 0 Å². The number of carbonyl (C=O) groups excluding carboxylic acids is 1. The van der Waals surface area contributed by atoms with Crippen molar-refractivity contribution in [3.63, 3.8) is 0 Å². The van der Waals surface area contributed by atoms with Gasteiger partial charge < -0.3 is 10.6 Å². The molecule has 0 saturated heterocycles. The average molecular weight is 386 g/mol. The molecule has 1 aromatic heterocycles. The summed E-state index contributed by atoms with van der Waals surface area (Å²) in [5.41, 5.74) is 2.24. The molecule has 2 aromatic carbocycles. The van der Waals surface area contributed by atoms with Crippen LogP contribution in [0.4, 0.5) is 30.4 Å². The molecule has 5 nitrogen and oxygen atoms in total. The van der Waals surface area contributed by atoms with E-state index in [1.165, 1.54) is 6.07 Å². The number of hydrogen-bond acceptors (Lipinski definition) is 4. The summed E-state index contributed by atoms with van der Waals surface area (Å²) in [5.74, 6) is -4.42. The molecule has 2 N–H and O–H groups in total. The first-order chi connectivity index (χ1) is 13.2. The third-order valence-electron chi connectivity index (χ3n) is 4.01. The number of aromatic nitrogens is 2. The maximum atomic E-state index is 13.9. The van der Waals surface area contributed by atoms with Gasteiger partial charge in [0.15, 0.2) is 17.5 Å². The number of nitrogens with zero attached hydrogens (tertiary/aromatic N) is 2. The monoisotopic (exact) mass is 386 g/mol. The Kier molecular flexibility index (Phi) is 5.30. The predicted molar refractivity (Wildman–Crippen MR) is 100 cm³/mol. The third kappa shape index (κ3) is 4.11. The fourth-order valence-electron chi connectivity index (χ4n) is 2.57. The van der Waals surface area contributed by atoms with Gasteiger partial charge in [0.25, 0.3) is 5.91 Å². The second kappa shape index (κ2) is 7.67. The average Bonchev–Trinajstić information content (AvgIpc) is 2.65. The van der Waals surface area contributed by atoms with Gasteiger partial charge in [-0.2, -0.15) is 0 Å². The van der Waals surface area contributed by atoms with E-state index in [-0.39, 0.29) is 23.0 Å². The Balaban J connectivity index is 1.88. The summed E-state index contributed by atoms with van der Waals surface area (Å²) in [7, 11) is 0. The topological polar surface area (TPSA) is 66.9 Å². The number of halogens is 3. The zero-order valence-electron chi connectivity index (χ0n) is 15.4. The minimum absolute atomic E-state index is 0.0406. The van der Waals surface area contributed by atoms with Crippen LogP contribution >= 0.6 is 0 Å². The summed E-state index contributed by atoms with van der Waals surface area (Å²) in [4.78, 5) is 20.7. The van der Waals surface area contributed by atoms with Crippen molar-refractivity contribution in [2.45, 2.75) is 20.8 Å².